The van der Waals surface area contributed by atoms with Crippen molar-refractivity contribution in [3.63, 3.8) is 0 Å². The summed E-state index contributed by atoms with van der Waals surface area (Å²) >= 11 is 1.29. The summed E-state index contributed by atoms with van der Waals surface area (Å²) in [5, 5.41) is 0.882. The van der Waals surface area contributed by atoms with E-state index in [2.05, 4.69) is 9.36 Å². The molecule has 0 radical (unpaired) electrons. The Labute approximate surface area is 91.3 Å². The fourth-order valence-electron chi connectivity index (χ4n) is 1.30. The van der Waals surface area contributed by atoms with E-state index in [4.69, 9.17) is 0 Å². The molecule has 15 heavy (non-hydrogen) atoms. The van der Waals surface area contributed by atoms with E-state index >= 15 is 0 Å². The van der Waals surface area contributed by atoms with E-state index in [9.17, 15) is 8.78 Å². The molecule has 6 heteroatoms. The summed E-state index contributed by atoms with van der Waals surface area (Å²) in [6.07, 6.45) is 0. The van der Waals surface area contributed by atoms with Gasteiger partial charge in [0.25, 0.3) is 5.92 Å². The van der Waals surface area contributed by atoms with Crippen molar-refractivity contribution in [2.45, 2.75) is 32.1 Å². The van der Waals surface area contributed by atoms with E-state index in [-0.39, 0.29) is 18.5 Å². The monoisotopic (exact) mass is 233 g/mol. The molecule has 1 saturated heterocycles. The zero-order valence-corrected chi connectivity index (χ0v) is 9.74. The maximum atomic E-state index is 12.6. The van der Waals surface area contributed by atoms with Gasteiger partial charge < -0.3 is 4.90 Å². The normalized spacial score (nSPS) is 20.2. The van der Waals surface area contributed by atoms with Crippen LogP contribution >= 0.6 is 11.5 Å². The summed E-state index contributed by atoms with van der Waals surface area (Å²) in [5.74, 6) is -2.12. The number of nitrogens with zero attached hydrogens (tertiary/aromatic N) is 3. The second-order valence-corrected chi connectivity index (χ2v) is 5.61. The van der Waals surface area contributed by atoms with Crippen molar-refractivity contribution in [2.75, 3.05) is 18.0 Å². The van der Waals surface area contributed by atoms with Crippen molar-refractivity contribution in [1.29, 1.82) is 0 Å². The highest BCUT2D eigenvalue weighted by Gasteiger charge is 2.45. The van der Waals surface area contributed by atoms with E-state index in [1.807, 2.05) is 20.8 Å². The average Bonchev–Trinajstić information content (AvgIpc) is 2.45. The summed E-state index contributed by atoms with van der Waals surface area (Å²) in [6.45, 7) is 5.58. The van der Waals surface area contributed by atoms with Gasteiger partial charge in [0, 0.05) is 5.41 Å². The van der Waals surface area contributed by atoms with Gasteiger partial charge in [-0.05, 0) is 11.5 Å². The lowest BCUT2D eigenvalue weighted by Crippen LogP contribution is -2.56. The average molecular weight is 233 g/mol. The number of rotatable bonds is 1. The number of hydrogen-bond donors (Lipinski definition) is 0. The predicted molar refractivity (Wildman–Crippen MR) is 55.8 cm³/mol. The van der Waals surface area contributed by atoms with Crippen LogP contribution in [0.15, 0.2) is 0 Å². The summed E-state index contributed by atoms with van der Waals surface area (Å²) in [5.41, 5.74) is -0.0662. The Morgan fingerprint density at radius 2 is 1.93 bits per heavy atom. The van der Waals surface area contributed by atoms with Crippen LogP contribution in [0.1, 0.15) is 25.8 Å². The maximum Gasteiger partial charge on any atom is 0.282 e. The van der Waals surface area contributed by atoms with Crippen molar-refractivity contribution >= 4 is 17.5 Å². The van der Waals surface area contributed by atoms with Crippen LogP contribution in [0.25, 0.3) is 0 Å². The molecule has 84 valence electrons. The van der Waals surface area contributed by atoms with Crippen molar-refractivity contribution in [3.05, 3.63) is 5.01 Å². The summed E-state index contributed by atoms with van der Waals surface area (Å²) in [6, 6.07) is 0. The molecule has 1 fully saturated rings. The highest BCUT2D eigenvalue weighted by Crippen LogP contribution is 2.32. The van der Waals surface area contributed by atoms with Crippen LogP contribution < -0.4 is 4.90 Å². The first kappa shape index (κ1) is 10.7. The number of hydrogen-bond acceptors (Lipinski definition) is 4. The van der Waals surface area contributed by atoms with Gasteiger partial charge in [-0.15, -0.1) is 0 Å². The third-order valence-corrected chi connectivity index (χ3v) is 3.32. The highest BCUT2D eigenvalue weighted by atomic mass is 32.1. The summed E-state index contributed by atoms with van der Waals surface area (Å²) in [7, 11) is 0. The number of alkyl halides is 2. The minimum absolute atomic E-state index is 0.0662. The second-order valence-electron chi connectivity index (χ2n) is 4.86. The van der Waals surface area contributed by atoms with Crippen molar-refractivity contribution < 1.29 is 8.78 Å². The molecule has 0 atom stereocenters. The largest absolute Gasteiger partial charge is 0.328 e. The first-order chi connectivity index (χ1) is 6.78. The van der Waals surface area contributed by atoms with E-state index in [1.165, 1.54) is 16.4 Å². The molecule has 0 amide bonds. The Hall–Kier alpha value is -0.780. The topological polar surface area (TPSA) is 29.0 Å². The molecule has 1 aliphatic rings. The Morgan fingerprint density at radius 3 is 2.33 bits per heavy atom. The molecule has 0 spiro atoms. The Kier molecular flexibility index (Phi) is 2.22. The van der Waals surface area contributed by atoms with Crippen LogP contribution in [0.2, 0.25) is 0 Å². The van der Waals surface area contributed by atoms with Gasteiger partial charge in [-0.2, -0.15) is 4.37 Å². The molecule has 0 aromatic carbocycles. The lowest BCUT2D eigenvalue weighted by Gasteiger charge is -2.37. The van der Waals surface area contributed by atoms with Crippen molar-refractivity contribution in [3.8, 4) is 0 Å². The molecule has 2 heterocycles. The lowest BCUT2D eigenvalue weighted by atomic mass is 9.98. The Bertz CT molecular complexity index is 362. The molecule has 1 aromatic rings. The number of halogens is 2. The number of anilines is 1. The minimum Gasteiger partial charge on any atom is -0.328 e. The fourth-order valence-corrected chi connectivity index (χ4v) is 2.02. The fraction of sp³-hybridized carbons (Fsp3) is 0.778. The predicted octanol–water partition coefficient (Wildman–Crippen LogP) is 2.29. The third-order valence-electron chi connectivity index (χ3n) is 2.18. The molecule has 3 nitrogen and oxygen atoms in total. The molecule has 2 rings (SSSR count). The lowest BCUT2D eigenvalue weighted by molar-refractivity contribution is -0.0270. The molecule has 1 aromatic heterocycles. The molecule has 0 N–H and O–H groups in total. The van der Waals surface area contributed by atoms with Crippen LogP contribution in [0, 0.1) is 0 Å². The van der Waals surface area contributed by atoms with Crippen LogP contribution in [0.5, 0.6) is 0 Å². The molecule has 0 bridgehead atoms. The smallest absolute Gasteiger partial charge is 0.282 e. The van der Waals surface area contributed by atoms with Gasteiger partial charge in [-0.25, -0.2) is 13.8 Å². The third kappa shape index (κ3) is 2.09. The van der Waals surface area contributed by atoms with Crippen molar-refractivity contribution in [2.24, 2.45) is 0 Å². The first-order valence-electron chi connectivity index (χ1n) is 4.75. The van der Waals surface area contributed by atoms with Crippen molar-refractivity contribution in [1.82, 2.24) is 9.36 Å². The molecule has 0 aliphatic carbocycles. The molecular weight excluding hydrogens is 220 g/mol. The van der Waals surface area contributed by atoms with Gasteiger partial charge in [-0.3, -0.25) is 0 Å². The van der Waals surface area contributed by atoms with E-state index in [0.29, 0.717) is 5.95 Å². The number of aromatic nitrogens is 2. The quantitative estimate of drug-likeness (QED) is 0.745. The molecule has 0 unspecified atom stereocenters. The van der Waals surface area contributed by atoms with E-state index in [0.717, 1.165) is 5.01 Å². The first-order valence-corrected chi connectivity index (χ1v) is 5.52. The highest BCUT2D eigenvalue weighted by molar-refractivity contribution is 7.05. The van der Waals surface area contributed by atoms with Gasteiger partial charge in [-0.1, -0.05) is 20.8 Å². The maximum absolute atomic E-state index is 12.6. The van der Waals surface area contributed by atoms with Gasteiger partial charge in [0.2, 0.25) is 5.95 Å². The Balaban J connectivity index is 2.10. The van der Waals surface area contributed by atoms with Crippen LogP contribution in [-0.2, 0) is 5.41 Å². The Morgan fingerprint density at radius 1 is 1.33 bits per heavy atom. The van der Waals surface area contributed by atoms with E-state index in [1.54, 1.807) is 0 Å². The summed E-state index contributed by atoms with van der Waals surface area (Å²) < 4.78 is 29.3. The minimum atomic E-state index is -2.56. The second kappa shape index (κ2) is 3.10. The molecule has 1 aliphatic heterocycles. The van der Waals surface area contributed by atoms with Gasteiger partial charge in [0.15, 0.2) is 0 Å². The SMILES string of the molecule is CC(C)(C)c1nc(N2CC(F)(F)C2)ns1. The van der Waals surface area contributed by atoms with E-state index < -0.39 is 5.92 Å². The standard InChI is InChI=1S/C9H13F2N3S/c1-8(2,3)6-12-7(13-15-6)14-4-9(10,11)5-14/h4-5H2,1-3H3. The van der Waals surface area contributed by atoms with Crippen LogP contribution in [0.3, 0.4) is 0 Å². The molecule has 0 saturated carbocycles. The molecular formula is C9H13F2N3S. The van der Waals surface area contributed by atoms with Gasteiger partial charge in [0.05, 0.1) is 13.1 Å². The van der Waals surface area contributed by atoms with Gasteiger partial charge >= 0.3 is 0 Å². The zero-order chi connectivity index (χ0) is 11.3. The summed E-state index contributed by atoms with van der Waals surface area (Å²) in [4.78, 5) is 5.77. The van der Waals surface area contributed by atoms with Crippen LogP contribution in [-0.4, -0.2) is 28.4 Å². The zero-order valence-electron chi connectivity index (χ0n) is 8.92. The van der Waals surface area contributed by atoms with Crippen LogP contribution in [0.4, 0.5) is 14.7 Å². The van der Waals surface area contributed by atoms with Gasteiger partial charge in [0.1, 0.15) is 5.01 Å².